The Morgan fingerprint density at radius 2 is 2.53 bits per heavy atom. The number of nitrogens with zero attached hydrogens (tertiary/aromatic N) is 2. The molecular weight excluding hydrogens is 214 g/mol. The minimum absolute atomic E-state index is 0.166. The zero-order valence-electron chi connectivity index (χ0n) is 8.20. The lowest BCUT2D eigenvalue weighted by atomic mass is 10.2. The first-order chi connectivity index (χ1) is 7.15. The van der Waals surface area contributed by atoms with Gasteiger partial charge in [0.05, 0.1) is 17.6 Å². The first-order valence-corrected chi connectivity index (χ1v) is 4.81. The molecule has 0 aromatic carbocycles. The van der Waals surface area contributed by atoms with Gasteiger partial charge >= 0.3 is 0 Å². The number of amides is 1. The van der Waals surface area contributed by atoms with Crippen molar-refractivity contribution in [3.05, 3.63) is 29.0 Å². The molecule has 5 heteroatoms. The lowest BCUT2D eigenvalue weighted by Gasteiger charge is -2.06. The third kappa shape index (κ3) is 3.22. The zero-order valence-corrected chi connectivity index (χ0v) is 8.95. The molecule has 0 spiro atoms. The van der Waals surface area contributed by atoms with Crippen LogP contribution in [0.3, 0.4) is 0 Å². The summed E-state index contributed by atoms with van der Waals surface area (Å²) in [6.45, 7) is 2.03. The Labute approximate surface area is 92.9 Å². The van der Waals surface area contributed by atoms with E-state index < -0.39 is 0 Å². The van der Waals surface area contributed by atoms with Crippen molar-refractivity contribution < 1.29 is 4.79 Å². The average Bonchev–Trinajstić information content (AvgIpc) is 2.26. The van der Waals surface area contributed by atoms with Gasteiger partial charge < -0.3 is 5.32 Å². The van der Waals surface area contributed by atoms with Crippen LogP contribution in [-0.4, -0.2) is 17.4 Å². The van der Waals surface area contributed by atoms with Gasteiger partial charge in [-0.25, -0.2) is 4.98 Å². The molecule has 0 aliphatic heterocycles. The summed E-state index contributed by atoms with van der Waals surface area (Å²) in [4.78, 5) is 15.3. The molecule has 1 aromatic heterocycles. The van der Waals surface area contributed by atoms with E-state index in [-0.39, 0.29) is 17.0 Å². The van der Waals surface area contributed by atoms with Crippen LogP contribution in [0.5, 0.6) is 0 Å². The molecule has 15 heavy (non-hydrogen) atoms. The van der Waals surface area contributed by atoms with Gasteiger partial charge in [0.1, 0.15) is 5.15 Å². The predicted octanol–water partition coefficient (Wildman–Crippen LogP) is 1.62. The van der Waals surface area contributed by atoms with Crippen molar-refractivity contribution in [2.45, 2.75) is 6.92 Å². The Balaban J connectivity index is 2.63. The van der Waals surface area contributed by atoms with E-state index in [9.17, 15) is 4.79 Å². The second-order valence-electron chi connectivity index (χ2n) is 3.08. The van der Waals surface area contributed by atoms with Gasteiger partial charge in [0, 0.05) is 12.7 Å². The number of carbonyl (C=O) groups is 1. The highest BCUT2D eigenvalue weighted by Crippen LogP contribution is 2.10. The molecule has 0 bridgehead atoms. The number of aromatic nitrogens is 1. The topological polar surface area (TPSA) is 65.8 Å². The minimum Gasteiger partial charge on any atom is -0.351 e. The summed E-state index contributed by atoms with van der Waals surface area (Å²) in [6, 6.07) is 5.24. The van der Waals surface area contributed by atoms with Crippen LogP contribution >= 0.6 is 11.6 Å². The van der Waals surface area contributed by atoms with Gasteiger partial charge in [-0.15, -0.1) is 0 Å². The Morgan fingerprint density at radius 1 is 1.80 bits per heavy atom. The third-order valence-electron chi connectivity index (χ3n) is 1.79. The van der Waals surface area contributed by atoms with Crippen LogP contribution < -0.4 is 5.32 Å². The van der Waals surface area contributed by atoms with E-state index >= 15 is 0 Å². The normalized spacial score (nSPS) is 11.5. The van der Waals surface area contributed by atoms with E-state index in [0.29, 0.717) is 12.1 Å². The molecule has 1 heterocycles. The Bertz CT molecular complexity index is 400. The SMILES string of the molecule is CC(C#N)CNC(=O)c1cccnc1Cl. The maximum absolute atomic E-state index is 11.5. The highest BCUT2D eigenvalue weighted by atomic mass is 35.5. The van der Waals surface area contributed by atoms with Gasteiger partial charge in [-0.3, -0.25) is 4.79 Å². The van der Waals surface area contributed by atoms with Crippen molar-refractivity contribution in [1.29, 1.82) is 5.26 Å². The number of nitriles is 1. The summed E-state index contributed by atoms with van der Waals surface area (Å²) in [5.41, 5.74) is 0.323. The van der Waals surface area contributed by atoms with Crippen LogP contribution in [0, 0.1) is 17.2 Å². The number of nitrogens with one attached hydrogen (secondary N) is 1. The first-order valence-electron chi connectivity index (χ1n) is 4.43. The molecule has 1 aromatic rings. The smallest absolute Gasteiger partial charge is 0.254 e. The van der Waals surface area contributed by atoms with Crippen molar-refractivity contribution in [2.24, 2.45) is 5.92 Å². The molecule has 1 atom stereocenters. The molecule has 1 rings (SSSR count). The van der Waals surface area contributed by atoms with Gasteiger partial charge in [-0.05, 0) is 19.1 Å². The molecule has 0 aliphatic carbocycles. The van der Waals surface area contributed by atoms with Crippen LogP contribution in [0.25, 0.3) is 0 Å². The Hall–Kier alpha value is -1.60. The van der Waals surface area contributed by atoms with Gasteiger partial charge in [0.2, 0.25) is 0 Å². The molecular formula is C10H10ClN3O. The highest BCUT2D eigenvalue weighted by Gasteiger charge is 2.10. The van der Waals surface area contributed by atoms with E-state index in [1.54, 1.807) is 19.1 Å². The maximum Gasteiger partial charge on any atom is 0.254 e. The number of halogens is 1. The van der Waals surface area contributed by atoms with E-state index in [1.165, 1.54) is 6.20 Å². The first kappa shape index (κ1) is 11.5. The van der Waals surface area contributed by atoms with Crippen molar-refractivity contribution in [3.63, 3.8) is 0 Å². The monoisotopic (exact) mass is 223 g/mol. The summed E-state index contributed by atoms with van der Waals surface area (Å²) >= 11 is 5.73. The van der Waals surface area contributed by atoms with Crippen molar-refractivity contribution in [1.82, 2.24) is 10.3 Å². The van der Waals surface area contributed by atoms with Crippen molar-refractivity contribution in [2.75, 3.05) is 6.54 Å². The zero-order chi connectivity index (χ0) is 11.3. The Kier molecular flexibility index (Phi) is 4.07. The van der Waals surface area contributed by atoms with E-state index in [2.05, 4.69) is 10.3 Å². The number of hydrogen-bond acceptors (Lipinski definition) is 3. The fraction of sp³-hybridized carbons (Fsp3) is 0.300. The van der Waals surface area contributed by atoms with E-state index in [0.717, 1.165) is 0 Å². The Morgan fingerprint density at radius 3 is 3.13 bits per heavy atom. The van der Waals surface area contributed by atoms with Crippen LogP contribution in [0.1, 0.15) is 17.3 Å². The van der Waals surface area contributed by atoms with Crippen LogP contribution in [-0.2, 0) is 0 Å². The second kappa shape index (κ2) is 5.32. The molecule has 1 amide bonds. The number of pyridine rings is 1. The molecule has 0 radical (unpaired) electrons. The van der Waals surface area contributed by atoms with Gasteiger partial charge in [-0.1, -0.05) is 11.6 Å². The molecule has 1 N–H and O–H groups in total. The maximum atomic E-state index is 11.5. The quantitative estimate of drug-likeness (QED) is 0.792. The van der Waals surface area contributed by atoms with E-state index in [4.69, 9.17) is 16.9 Å². The average molecular weight is 224 g/mol. The van der Waals surface area contributed by atoms with E-state index in [1.807, 2.05) is 6.07 Å². The molecule has 0 saturated heterocycles. The highest BCUT2D eigenvalue weighted by molar-refractivity contribution is 6.32. The van der Waals surface area contributed by atoms with Crippen LogP contribution in [0.15, 0.2) is 18.3 Å². The lowest BCUT2D eigenvalue weighted by molar-refractivity contribution is 0.0950. The number of hydrogen-bond donors (Lipinski definition) is 1. The molecule has 0 saturated carbocycles. The summed E-state index contributed by atoms with van der Waals surface area (Å²) in [6.07, 6.45) is 1.51. The van der Waals surface area contributed by atoms with Crippen molar-refractivity contribution in [3.8, 4) is 6.07 Å². The molecule has 1 unspecified atom stereocenters. The standard InChI is InChI=1S/C10H10ClN3O/c1-7(5-12)6-14-10(15)8-3-2-4-13-9(8)11/h2-4,7H,6H2,1H3,(H,14,15). The lowest BCUT2D eigenvalue weighted by Crippen LogP contribution is -2.28. The summed E-state index contributed by atoms with van der Waals surface area (Å²) in [5, 5.41) is 11.3. The molecule has 0 aliphatic rings. The third-order valence-corrected chi connectivity index (χ3v) is 2.09. The van der Waals surface area contributed by atoms with Gasteiger partial charge in [0.15, 0.2) is 0 Å². The van der Waals surface area contributed by atoms with Gasteiger partial charge in [0.25, 0.3) is 5.91 Å². The second-order valence-corrected chi connectivity index (χ2v) is 3.44. The number of rotatable bonds is 3. The molecule has 78 valence electrons. The summed E-state index contributed by atoms with van der Waals surface area (Å²) < 4.78 is 0. The van der Waals surface area contributed by atoms with Gasteiger partial charge in [-0.2, -0.15) is 5.26 Å². The largest absolute Gasteiger partial charge is 0.351 e. The number of carbonyl (C=O) groups excluding carboxylic acids is 1. The van der Waals surface area contributed by atoms with Crippen LogP contribution in [0.2, 0.25) is 5.15 Å². The van der Waals surface area contributed by atoms with Crippen molar-refractivity contribution >= 4 is 17.5 Å². The fourth-order valence-electron chi connectivity index (χ4n) is 0.942. The fourth-order valence-corrected chi connectivity index (χ4v) is 1.15. The molecule has 4 nitrogen and oxygen atoms in total. The minimum atomic E-state index is -0.310. The summed E-state index contributed by atoms with van der Waals surface area (Å²) in [7, 11) is 0. The predicted molar refractivity (Wildman–Crippen MR) is 56.4 cm³/mol. The van der Waals surface area contributed by atoms with Crippen LogP contribution in [0.4, 0.5) is 0 Å². The summed E-state index contributed by atoms with van der Waals surface area (Å²) in [5.74, 6) is -0.528. The molecule has 0 fully saturated rings.